The largest absolute Gasteiger partial charge is 0.491 e. The van der Waals surface area contributed by atoms with E-state index in [2.05, 4.69) is 27.4 Å². The number of benzene rings is 2. The summed E-state index contributed by atoms with van der Waals surface area (Å²) in [7, 11) is 0. The summed E-state index contributed by atoms with van der Waals surface area (Å²) in [6, 6.07) is 17.3. The van der Waals surface area contributed by atoms with Gasteiger partial charge in [0.2, 0.25) is 5.91 Å². The number of amides is 1. The minimum atomic E-state index is -0.331. The maximum absolute atomic E-state index is 12.4. The van der Waals surface area contributed by atoms with Gasteiger partial charge in [0.15, 0.2) is 5.82 Å². The zero-order valence-electron chi connectivity index (χ0n) is 17.9. The number of aromatic nitrogens is 3. The number of hydrogen-bond acceptors (Lipinski definition) is 5. The first-order chi connectivity index (χ1) is 15.0. The van der Waals surface area contributed by atoms with Crippen LogP contribution in [0.1, 0.15) is 37.9 Å². The smallest absolute Gasteiger partial charge is 0.273 e. The fourth-order valence-electron chi connectivity index (χ4n) is 2.97. The summed E-state index contributed by atoms with van der Waals surface area (Å²) in [5, 5.41) is 11.0. The molecule has 0 spiro atoms. The van der Waals surface area contributed by atoms with Crippen molar-refractivity contribution < 1.29 is 9.53 Å². The summed E-state index contributed by atoms with van der Waals surface area (Å²) in [5.41, 5.74) is 1.83. The van der Waals surface area contributed by atoms with Crippen molar-refractivity contribution in [1.29, 1.82) is 0 Å². The second kappa shape index (κ2) is 11.1. The number of aromatic amines is 1. The Kier molecular flexibility index (Phi) is 7.92. The summed E-state index contributed by atoms with van der Waals surface area (Å²) >= 11 is 0. The van der Waals surface area contributed by atoms with Crippen LogP contribution in [-0.4, -0.2) is 33.7 Å². The molecule has 0 aliphatic heterocycles. The molecule has 3 rings (SSSR count). The molecule has 0 radical (unpaired) electrons. The summed E-state index contributed by atoms with van der Waals surface area (Å²) in [6.07, 6.45) is 2.26. The van der Waals surface area contributed by atoms with E-state index in [0.717, 1.165) is 24.2 Å². The Bertz CT molecular complexity index is 1030. The molecular formula is C24H28N4O3. The van der Waals surface area contributed by atoms with Gasteiger partial charge in [0, 0.05) is 24.9 Å². The van der Waals surface area contributed by atoms with E-state index in [0.29, 0.717) is 12.4 Å². The molecule has 0 aliphatic carbocycles. The van der Waals surface area contributed by atoms with Crippen molar-refractivity contribution in [3.05, 3.63) is 76.2 Å². The average molecular weight is 421 g/mol. The molecule has 2 aromatic carbocycles. The molecule has 1 heterocycles. The SMILES string of the molecule is CC[C@@H](C)Oc1ccc(-c2nnc(CCC(=O)NCCc3ccccc3)c(=O)[nH]2)cc1. The average Bonchev–Trinajstić information content (AvgIpc) is 2.79. The standard InChI is InChI=1S/C24H28N4O3/c1-3-17(2)31-20-11-9-19(10-12-20)23-26-24(30)21(27-28-23)13-14-22(29)25-16-15-18-7-5-4-6-8-18/h4-12,17H,3,13-16H2,1-2H3,(H,25,29)(H,26,28,30)/t17-/m1/s1. The Morgan fingerprint density at radius 2 is 1.81 bits per heavy atom. The third kappa shape index (κ3) is 6.77. The van der Waals surface area contributed by atoms with Gasteiger partial charge in [-0.25, -0.2) is 0 Å². The van der Waals surface area contributed by atoms with E-state index in [1.54, 1.807) is 0 Å². The molecule has 7 nitrogen and oxygen atoms in total. The molecule has 0 saturated heterocycles. The second-order valence-corrected chi connectivity index (χ2v) is 7.40. The van der Waals surface area contributed by atoms with Gasteiger partial charge in [0.25, 0.3) is 5.56 Å². The highest BCUT2D eigenvalue weighted by molar-refractivity contribution is 5.76. The Morgan fingerprint density at radius 1 is 1.06 bits per heavy atom. The normalized spacial score (nSPS) is 11.7. The molecule has 0 bridgehead atoms. The number of H-pyrrole nitrogens is 1. The van der Waals surface area contributed by atoms with Gasteiger partial charge in [-0.2, -0.15) is 0 Å². The molecule has 1 amide bonds. The van der Waals surface area contributed by atoms with Crippen LogP contribution in [0.2, 0.25) is 0 Å². The molecule has 31 heavy (non-hydrogen) atoms. The quantitative estimate of drug-likeness (QED) is 0.525. The van der Waals surface area contributed by atoms with E-state index >= 15 is 0 Å². The predicted molar refractivity (Wildman–Crippen MR) is 120 cm³/mol. The van der Waals surface area contributed by atoms with Crippen molar-refractivity contribution in [2.24, 2.45) is 0 Å². The van der Waals surface area contributed by atoms with E-state index in [1.165, 1.54) is 5.56 Å². The number of rotatable bonds is 10. The Labute approximate surface area is 181 Å². The number of carbonyl (C=O) groups is 1. The first-order valence-electron chi connectivity index (χ1n) is 10.6. The van der Waals surface area contributed by atoms with Gasteiger partial charge < -0.3 is 15.0 Å². The maximum Gasteiger partial charge on any atom is 0.273 e. The number of nitrogens with zero attached hydrogens (tertiary/aromatic N) is 2. The molecule has 1 aromatic heterocycles. The lowest BCUT2D eigenvalue weighted by Crippen LogP contribution is -2.27. The molecule has 0 fully saturated rings. The van der Waals surface area contributed by atoms with Gasteiger partial charge in [-0.15, -0.1) is 10.2 Å². The lowest BCUT2D eigenvalue weighted by atomic mass is 10.1. The topological polar surface area (TPSA) is 97.0 Å². The molecule has 0 unspecified atom stereocenters. The van der Waals surface area contributed by atoms with E-state index < -0.39 is 0 Å². The number of carbonyl (C=O) groups excluding carboxylic acids is 1. The Hall–Kier alpha value is -3.48. The molecular weight excluding hydrogens is 392 g/mol. The van der Waals surface area contributed by atoms with Crippen molar-refractivity contribution in [3.8, 4) is 17.1 Å². The zero-order valence-corrected chi connectivity index (χ0v) is 17.9. The van der Waals surface area contributed by atoms with E-state index in [1.807, 2.05) is 61.5 Å². The summed E-state index contributed by atoms with van der Waals surface area (Å²) in [6.45, 7) is 4.63. The second-order valence-electron chi connectivity index (χ2n) is 7.40. The lowest BCUT2D eigenvalue weighted by molar-refractivity contribution is -0.121. The first kappa shape index (κ1) is 22.2. The van der Waals surface area contributed by atoms with Gasteiger partial charge >= 0.3 is 0 Å². The minimum Gasteiger partial charge on any atom is -0.491 e. The number of nitrogens with one attached hydrogen (secondary N) is 2. The molecule has 162 valence electrons. The molecule has 7 heteroatoms. The van der Waals surface area contributed by atoms with E-state index in [9.17, 15) is 9.59 Å². The number of aryl methyl sites for hydroxylation is 1. The molecule has 1 atom stereocenters. The third-order valence-corrected chi connectivity index (χ3v) is 4.97. The van der Waals surface area contributed by atoms with Crippen LogP contribution in [0, 0.1) is 0 Å². The van der Waals surface area contributed by atoms with Crippen molar-refractivity contribution in [2.75, 3.05) is 6.54 Å². The fourth-order valence-corrected chi connectivity index (χ4v) is 2.97. The predicted octanol–water partition coefficient (Wildman–Crippen LogP) is 3.30. The zero-order chi connectivity index (χ0) is 22.1. The number of ether oxygens (including phenoxy) is 1. The van der Waals surface area contributed by atoms with Crippen LogP contribution < -0.4 is 15.6 Å². The maximum atomic E-state index is 12.4. The highest BCUT2D eigenvalue weighted by atomic mass is 16.5. The lowest BCUT2D eigenvalue weighted by Gasteiger charge is -2.12. The van der Waals surface area contributed by atoms with Gasteiger partial charge in [-0.1, -0.05) is 37.3 Å². The summed E-state index contributed by atoms with van der Waals surface area (Å²) in [4.78, 5) is 27.2. The van der Waals surface area contributed by atoms with Crippen LogP contribution in [0.4, 0.5) is 0 Å². The highest BCUT2D eigenvalue weighted by Crippen LogP contribution is 2.19. The van der Waals surface area contributed by atoms with Crippen LogP contribution in [-0.2, 0) is 17.6 Å². The van der Waals surface area contributed by atoms with Crippen LogP contribution in [0.5, 0.6) is 5.75 Å². The van der Waals surface area contributed by atoms with Gasteiger partial charge in [-0.05, 0) is 49.6 Å². The monoisotopic (exact) mass is 420 g/mol. The first-order valence-corrected chi connectivity index (χ1v) is 10.6. The Balaban J connectivity index is 1.51. The molecule has 3 aromatic rings. The van der Waals surface area contributed by atoms with Crippen LogP contribution in [0.25, 0.3) is 11.4 Å². The number of hydrogen-bond donors (Lipinski definition) is 2. The van der Waals surface area contributed by atoms with Crippen LogP contribution in [0.15, 0.2) is 59.4 Å². The molecule has 2 N–H and O–H groups in total. The van der Waals surface area contributed by atoms with Crippen molar-refractivity contribution in [3.63, 3.8) is 0 Å². The summed E-state index contributed by atoms with van der Waals surface area (Å²) in [5.74, 6) is 1.04. The Morgan fingerprint density at radius 3 is 2.48 bits per heavy atom. The van der Waals surface area contributed by atoms with E-state index in [4.69, 9.17) is 4.74 Å². The summed E-state index contributed by atoms with van der Waals surface area (Å²) < 4.78 is 5.76. The van der Waals surface area contributed by atoms with Gasteiger partial charge in [-0.3, -0.25) is 9.59 Å². The van der Waals surface area contributed by atoms with Crippen molar-refractivity contribution in [2.45, 2.75) is 45.6 Å². The van der Waals surface area contributed by atoms with Crippen LogP contribution >= 0.6 is 0 Å². The molecule has 0 aliphatic rings. The van der Waals surface area contributed by atoms with Gasteiger partial charge in [0.05, 0.1) is 6.10 Å². The third-order valence-electron chi connectivity index (χ3n) is 4.97. The fraction of sp³-hybridized carbons (Fsp3) is 0.333. The van der Waals surface area contributed by atoms with E-state index in [-0.39, 0.29) is 36.1 Å². The minimum absolute atomic E-state index is 0.113. The van der Waals surface area contributed by atoms with Gasteiger partial charge in [0.1, 0.15) is 11.4 Å². The van der Waals surface area contributed by atoms with Crippen LogP contribution in [0.3, 0.4) is 0 Å². The van der Waals surface area contributed by atoms with Crippen molar-refractivity contribution >= 4 is 5.91 Å². The highest BCUT2D eigenvalue weighted by Gasteiger charge is 2.10. The molecule has 0 saturated carbocycles. The van der Waals surface area contributed by atoms with Crippen molar-refractivity contribution in [1.82, 2.24) is 20.5 Å².